The molecular weight excluding hydrogens is 348 g/mol. The maximum Gasteiger partial charge on any atom is 0.186 e. The van der Waals surface area contributed by atoms with E-state index in [1.165, 1.54) is 11.3 Å². The number of anilines is 1. The summed E-state index contributed by atoms with van der Waals surface area (Å²) in [6.45, 7) is 6.07. The lowest BCUT2D eigenvalue weighted by molar-refractivity contribution is 0.112. The van der Waals surface area contributed by atoms with E-state index in [1.807, 2.05) is 18.2 Å². The van der Waals surface area contributed by atoms with Crippen molar-refractivity contribution in [3.05, 3.63) is 28.6 Å². The largest absolute Gasteiger partial charge is 0.496 e. The van der Waals surface area contributed by atoms with Gasteiger partial charge in [0.1, 0.15) is 5.75 Å². The van der Waals surface area contributed by atoms with Crippen molar-refractivity contribution in [2.24, 2.45) is 0 Å². The van der Waals surface area contributed by atoms with E-state index in [2.05, 4.69) is 18.7 Å². The zero-order valence-corrected chi connectivity index (χ0v) is 16.6. The third-order valence-electron chi connectivity index (χ3n) is 4.32. The zero-order chi connectivity index (χ0) is 18.9. The molecule has 0 radical (unpaired) electrons. The molecule has 2 aromatic rings. The Morgan fingerprint density at radius 3 is 2.46 bits per heavy atom. The molecule has 26 heavy (non-hydrogen) atoms. The molecule has 1 aromatic carbocycles. The Morgan fingerprint density at radius 1 is 1.23 bits per heavy atom. The molecule has 0 atom stereocenters. The van der Waals surface area contributed by atoms with Gasteiger partial charge in [-0.05, 0) is 24.5 Å². The Labute approximate surface area is 159 Å². The molecular formula is C20H28N2O3S. The highest BCUT2D eigenvalue weighted by atomic mass is 32.1. The number of benzene rings is 1. The second kappa shape index (κ2) is 10.3. The van der Waals surface area contributed by atoms with Crippen LogP contribution >= 0.6 is 11.3 Å². The second-order valence-corrected chi connectivity index (χ2v) is 7.18. The molecule has 6 heteroatoms. The number of aromatic nitrogens is 1. The minimum absolute atomic E-state index is 0.132. The Balaban J connectivity index is 2.50. The number of hydrogen-bond acceptors (Lipinski definition) is 6. The summed E-state index contributed by atoms with van der Waals surface area (Å²) >= 11 is 1.41. The highest BCUT2D eigenvalue weighted by Gasteiger charge is 2.21. The van der Waals surface area contributed by atoms with Crippen LogP contribution in [0, 0.1) is 0 Å². The fourth-order valence-electron chi connectivity index (χ4n) is 2.86. The third-order valence-corrected chi connectivity index (χ3v) is 5.36. The van der Waals surface area contributed by atoms with Crippen LogP contribution in [-0.4, -0.2) is 36.6 Å². The lowest BCUT2D eigenvalue weighted by atomic mass is 10.0. The fraction of sp³-hybridized carbons (Fsp3) is 0.500. The number of carbonyl (C=O) groups excluding carboxylic acids is 1. The summed E-state index contributed by atoms with van der Waals surface area (Å²) in [5.41, 5.74) is 2.01. The molecule has 1 heterocycles. The number of aldehydes is 1. The average Bonchev–Trinajstić information content (AvgIpc) is 3.11. The number of rotatable bonds is 11. The first-order valence-corrected chi connectivity index (χ1v) is 9.99. The molecule has 0 spiro atoms. The van der Waals surface area contributed by atoms with Crippen molar-refractivity contribution in [2.45, 2.75) is 46.1 Å². The number of carbonyl (C=O) groups is 1. The van der Waals surface area contributed by atoms with Crippen molar-refractivity contribution in [3.8, 4) is 17.0 Å². The van der Waals surface area contributed by atoms with Crippen LogP contribution < -0.4 is 9.64 Å². The first-order chi connectivity index (χ1) is 12.7. The monoisotopic (exact) mass is 376 g/mol. The van der Waals surface area contributed by atoms with E-state index in [0.29, 0.717) is 27.4 Å². The van der Waals surface area contributed by atoms with Gasteiger partial charge in [0, 0.05) is 18.7 Å². The molecule has 0 unspecified atom stereocenters. The first kappa shape index (κ1) is 20.4. The van der Waals surface area contributed by atoms with Gasteiger partial charge in [-0.3, -0.25) is 4.79 Å². The average molecular weight is 377 g/mol. The molecule has 5 nitrogen and oxygen atoms in total. The van der Waals surface area contributed by atoms with Gasteiger partial charge in [-0.2, -0.15) is 0 Å². The van der Waals surface area contributed by atoms with Crippen molar-refractivity contribution in [3.63, 3.8) is 0 Å². The number of nitrogens with zero attached hydrogens (tertiary/aromatic N) is 2. The van der Waals surface area contributed by atoms with E-state index in [9.17, 15) is 9.90 Å². The third kappa shape index (κ3) is 4.62. The normalized spacial score (nSPS) is 10.8. The summed E-state index contributed by atoms with van der Waals surface area (Å²) in [4.78, 5) is 19.3. The number of aliphatic hydroxyl groups is 1. The van der Waals surface area contributed by atoms with E-state index >= 15 is 0 Å². The maximum absolute atomic E-state index is 11.7. The zero-order valence-electron chi connectivity index (χ0n) is 15.8. The molecule has 0 aliphatic carbocycles. The lowest BCUT2D eigenvalue weighted by Crippen LogP contribution is -2.25. The van der Waals surface area contributed by atoms with E-state index in [0.717, 1.165) is 50.2 Å². The number of methoxy groups -OCH3 is 1. The highest BCUT2D eigenvalue weighted by Crippen LogP contribution is 2.39. The van der Waals surface area contributed by atoms with Crippen LogP contribution in [0.4, 0.5) is 5.13 Å². The van der Waals surface area contributed by atoms with Crippen molar-refractivity contribution in [2.75, 3.05) is 25.1 Å². The van der Waals surface area contributed by atoms with Crippen molar-refractivity contribution in [1.29, 1.82) is 0 Å². The molecule has 1 N–H and O–H groups in total. The molecule has 0 saturated carbocycles. The van der Waals surface area contributed by atoms with Crippen LogP contribution in [-0.2, 0) is 6.61 Å². The SMILES string of the molecule is CCCCN(CCCC)c1nc(-c2c(CO)cccc2OC)c(C=O)s1. The Hall–Kier alpha value is -1.92. The standard InChI is InChI=1S/C20H28N2O3S/c1-4-6-11-22(12-7-5-2)20-21-19(17(14-24)26-20)18-15(13-23)9-8-10-16(18)25-3/h8-10,14,23H,4-7,11-13H2,1-3H3. The van der Waals surface area contributed by atoms with Gasteiger partial charge in [0.2, 0.25) is 0 Å². The Bertz CT molecular complexity index is 685. The van der Waals surface area contributed by atoms with Crippen LogP contribution in [0.1, 0.15) is 54.8 Å². The predicted octanol–water partition coefficient (Wildman–Crippen LogP) is 4.53. The van der Waals surface area contributed by atoms with E-state index < -0.39 is 0 Å². The predicted molar refractivity (Wildman–Crippen MR) is 107 cm³/mol. The van der Waals surface area contributed by atoms with Gasteiger partial charge in [-0.15, -0.1) is 0 Å². The molecule has 1 aromatic heterocycles. The van der Waals surface area contributed by atoms with Gasteiger partial charge in [0.15, 0.2) is 11.4 Å². The number of unbranched alkanes of at least 4 members (excludes halogenated alkanes) is 2. The Kier molecular flexibility index (Phi) is 8.06. The molecule has 2 rings (SSSR count). The summed E-state index contributed by atoms with van der Waals surface area (Å²) in [6, 6.07) is 5.49. The summed E-state index contributed by atoms with van der Waals surface area (Å²) in [5, 5.41) is 10.6. The van der Waals surface area contributed by atoms with E-state index in [1.54, 1.807) is 7.11 Å². The van der Waals surface area contributed by atoms with E-state index in [-0.39, 0.29) is 6.61 Å². The van der Waals surface area contributed by atoms with Gasteiger partial charge in [0.05, 0.1) is 24.3 Å². The summed E-state index contributed by atoms with van der Waals surface area (Å²) in [5.74, 6) is 0.616. The van der Waals surface area contributed by atoms with Gasteiger partial charge in [-0.1, -0.05) is 50.2 Å². The fourth-order valence-corrected chi connectivity index (χ4v) is 3.80. The van der Waals surface area contributed by atoms with Crippen molar-refractivity contribution >= 4 is 22.8 Å². The molecule has 0 amide bonds. The second-order valence-electron chi connectivity index (χ2n) is 6.17. The molecule has 0 fully saturated rings. The van der Waals surface area contributed by atoms with Gasteiger partial charge in [0.25, 0.3) is 0 Å². The van der Waals surface area contributed by atoms with Crippen LogP contribution in [0.3, 0.4) is 0 Å². The van der Waals surface area contributed by atoms with Gasteiger partial charge < -0.3 is 14.7 Å². The quantitative estimate of drug-likeness (QED) is 0.584. The number of aliphatic hydroxyl groups excluding tert-OH is 1. The topological polar surface area (TPSA) is 62.7 Å². The van der Waals surface area contributed by atoms with E-state index in [4.69, 9.17) is 9.72 Å². The van der Waals surface area contributed by atoms with Crippen LogP contribution in [0.5, 0.6) is 5.75 Å². The minimum Gasteiger partial charge on any atom is -0.496 e. The van der Waals surface area contributed by atoms with Gasteiger partial charge >= 0.3 is 0 Å². The van der Waals surface area contributed by atoms with Crippen LogP contribution in [0.25, 0.3) is 11.3 Å². The molecule has 142 valence electrons. The summed E-state index contributed by atoms with van der Waals surface area (Å²) in [6.07, 6.45) is 5.25. The van der Waals surface area contributed by atoms with Crippen LogP contribution in [0.2, 0.25) is 0 Å². The highest BCUT2D eigenvalue weighted by molar-refractivity contribution is 7.17. The molecule has 0 aliphatic rings. The van der Waals surface area contributed by atoms with Crippen molar-refractivity contribution < 1.29 is 14.6 Å². The van der Waals surface area contributed by atoms with Gasteiger partial charge in [-0.25, -0.2) is 4.98 Å². The minimum atomic E-state index is -0.132. The first-order valence-electron chi connectivity index (χ1n) is 9.18. The number of ether oxygens (including phenoxy) is 1. The summed E-state index contributed by atoms with van der Waals surface area (Å²) < 4.78 is 5.47. The lowest BCUT2D eigenvalue weighted by Gasteiger charge is -2.21. The van der Waals surface area contributed by atoms with Crippen molar-refractivity contribution in [1.82, 2.24) is 4.98 Å². The maximum atomic E-state index is 11.7. The molecule has 0 bridgehead atoms. The Morgan fingerprint density at radius 2 is 1.92 bits per heavy atom. The number of thiazole rings is 1. The number of hydrogen-bond donors (Lipinski definition) is 1. The smallest absolute Gasteiger partial charge is 0.186 e. The van der Waals surface area contributed by atoms with Crippen LogP contribution in [0.15, 0.2) is 18.2 Å². The summed E-state index contributed by atoms with van der Waals surface area (Å²) in [7, 11) is 1.59. The molecule has 0 saturated heterocycles. The molecule has 0 aliphatic heterocycles.